The van der Waals surface area contributed by atoms with Crippen LogP contribution in [-0.2, 0) is 0 Å². The zero-order valence-electron chi connectivity index (χ0n) is 15.7. The fourth-order valence-corrected chi connectivity index (χ4v) is 3.49. The number of ether oxygens (including phenoxy) is 2. The third-order valence-electron chi connectivity index (χ3n) is 4.49. The smallest absolute Gasteiger partial charge is 0.161 e. The molecule has 0 saturated heterocycles. The zero-order chi connectivity index (χ0) is 20.4. The average molecular weight is 471 g/mol. The van der Waals surface area contributed by atoms with Gasteiger partial charge in [0, 0.05) is 26.2 Å². The highest BCUT2D eigenvalue weighted by Crippen LogP contribution is 2.32. The number of fused-ring (bicyclic) bond motifs is 1. The quantitative estimate of drug-likeness (QED) is 0.544. The van der Waals surface area contributed by atoms with Crippen LogP contribution >= 0.6 is 27.5 Å². The van der Waals surface area contributed by atoms with Crippen LogP contribution in [0, 0.1) is 0 Å². The number of aliphatic imine (C=N–C) groups is 1. The molecular formula is C22H17BrClN3O2. The standard InChI is InChI=1S/C22H17BrClN3O2/c1-28-19-10-5-14(11-20(19)29-2)21-17-12-16(24)8-9-18(17)25-22(27-26-21)13-3-6-15(23)7-4-13/h3-12H,1-2H3,(H,25,27). The van der Waals surface area contributed by atoms with Gasteiger partial charge in [0.15, 0.2) is 17.3 Å². The highest BCUT2D eigenvalue weighted by molar-refractivity contribution is 9.10. The van der Waals surface area contributed by atoms with Gasteiger partial charge in [0.05, 0.1) is 19.9 Å². The largest absolute Gasteiger partial charge is 0.493 e. The highest BCUT2D eigenvalue weighted by atomic mass is 79.9. The Morgan fingerprint density at radius 2 is 1.59 bits per heavy atom. The van der Waals surface area contributed by atoms with Crippen molar-refractivity contribution in [2.24, 2.45) is 10.1 Å². The van der Waals surface area contributed by atoms with Gasteiger partial charge in [-0.1, -0.05) is 39.7 Å². The molecule has 0 aromatic heterocycles. The predicted octanol–water partition coefficient (Wildman–Crippen LogP) is 5.55. The summed E-state index contributed by atoms with van der Waals surface area (Å²) >= 11 is 9.75. The third kappa shape index (κ3) is 3.99. The SMILES string of the molecule is COc1ccc(C2=NNC(c3ccc(Br)cc3)=Nc3ccc(Cl)cc32)cc1OC. The van der Waals surface area contributed by atoms with Crippen molar-refractivity contribution in [1.29, 1.82) is 0 Å². The molecular weight excluding hydrogens is 454 g/mol. The molecule has 0 radical (unpaired) electrons. The van der Waals surface area contributed by atoms with Crippen LogP contribution in [0.25, 0.3) is 0 Å². The van der Waals surface area contributed by atoms with Crippen molar-refractivity contribution in [3.63, 3.8) is 0 Å². The lowest BCUT2D eigenvalue weighted by Crippen LogP contribution is -2.19. The van der Waals surface area contributed by atoms with E-state index < -0.39 is 0 Å². The number of hydrogen-bond donors (Lipinski definition) is 1. The first kappa shape index (κ1) is 19.5. The number of amidine groups is 1. The normalized spacial score (nSPS) is 12.8. The maximum Gasteiger partial charge on any atom is 0.161 e. The van der Waals surface area contributed by atoms with E-state index in [1.807, 2.05) is 60.7 Å². The molecule has 1 aliphatic rings. The first-order valence-corrected chi connectivity index (χ1v) is 9.97. The number of methoxy groups -OCH3 is 2. The molecule has 3 aromatic rings. The average Bonchev–Trinajstić information content (AvgIpc) is 2.93. The second kappa shape index (κ2) is 8.27. The summed E-state index contributed by atoms with van der Waals surface area (Å²) < 4.78 is 11.8. The molecule has 146 valence electrons. The first-order chi connectivity index (χ1) is 14.1. The summed E-state index contributed by atoms with van der Waals surface area (Å²) in [5.74, 6) is 1.92. The van der Waals surface area contributed by atoms with E-state index in [4.69, 9.17) is 26.1 Å². The predicted molar refractivity (Wildman–Crippen MR) is 120 cm³/mol. The number of hydrazone groups is 1. The third-order valence-corrected chi connectivity index (χ3v) is 5.26. The van der Waals surface area contributed by atoms with E-state index in [0.29, 0.717) is 28.1 Å². The van der Waals surface area contributed by atoms with E-state index in [0.717, 1.165) is 26.9 Å². The Labute approximate surface area is 182 Å². The van der Waals surface area contributed by atoms with Gasteiger partial charge in [-0.25, -0.2) is 4.99 Å². The van der Waals surface area contributed by atoms with Crippen LogP contribution in [-0.4, -0.2) is 25.8 Å². The van der Waals surface area contributed by atoms with Gasteiger partial charge in [0.25, 0.3) is 0 Å². The second-order valence-electron chi connectivity index (χ2n) is 6.27. The minimum atomic E-state index is 0.610. The molecule has 0 amide bonds. The molecule has 3 aromatic carbocycles. The minimum absolute atomic E-state index is 0.610. The monoisotopic (exact) mass is 469 g/mol. The van der Waals surface area contributed by atoms with Crippen molar-refractivity contribution in [2.75, 3.05) is 14.2 Å². The Bertz CT molecular complexity index is 1130. The Kier molecular flexibility index (Phi) is 5.56. The van der Waals surface area contributed by atoms with Gasteiger partial charge in [-0.05, 0) is 48.5 Å². The van der Waals surface area contributed by atoms with Crippen LogP contribution < -0.4 is 14.9 Å². The lowest BCUT2D eigenvalue weighted by molar-refractivity contribution is 0.355. The lowest BCUT2D eigenvalue weighted by Gasteiger charge is -2.12. The van der Waals surface area contributed by atoms with Crippen LogP contribution in [0.5, 0.6) is 11.5 Å². The molecule has 5 nitrogen and oxygen atoms in total. The number of benzene rings is 3. The van der Waals surface area contributed by atoms with E-state index >= 15 is 0 Å². The topological polar surface area (TPSA) is 55.2 Å². The number of rotatable bonds is 4. The number of nitrogens with zero attached hydrogens (tertiary/aromatic N) is 2. The summed E-state index contributed by atoms with van der Waals surface area (Å²) in [5.41, 5.74) is 7.18. The van der Waals surface area contributed by atoms with Crippen molar-refractivity contribution >= 4 is 44.8 Å². The van der Waals surface area contributed by atoms with Gasteiger partial charge in [0.1, 0.15) is 5.71 Å². The molecule has 0 atom stereocenters. The summed E-state index contributed by atoms with van der Waals surface area (Å²) in [4.78, 5) is 4.79. The Hall–Kier alpha value is -2.83. The molecule has 1 aliphatic heterocycles. The summed E-state index contributed by atoms with van der Waals surface area (Å²) in [6.07, 6.45) is 0. The summed E-state index contributed by atoms with van der Waals surface area (Å²) in [5, 5.41) is 5.27. The van der Waals surface area contributed by atoms with Crippen LogP contribution in [0.4, 0.5) is 5.69 Å². The van der Waals surface area contributed by atoms with E-state index in [9.17, 15) is 0 Å². The molecule has 0 bridgehead atoms. The fraction of sp³-hybridized carbons (Fsp3) is 0.0909. The minimum Gasteiger partial charge on any atom is -0.493 e. The second-order valence-corrected chi connectivity index (χ2v) is 7.62. The van der Waals surface area contributed by atoms with E-state index in [2.05, 4.69) is 26.5 Å². The highest BCUT2D eigenvalue weighted by Gasteiger charge is 2.19. The molecule has 0 unspecified atom stereocenters. The van der Waals surface area contributed by atoms with Crippen molar-refractivity contribution < 1.29 is 9.47 Å². The maximum absolute atomic E-state index is 6.29. The summed E-state index contributed by atoms with van der Waals surface area (Å²) in [6.45, 7) is 0. The van der Waals surface area contributed by atoms with Crippen LogP contribution in [0.15, 0.2) is 75.2 Å². The Balaban J connectivity index is 1.85. The zero-order valence-corrected chi connectivity index (χ0v) is 18.1. The van der Waals surface area contributed by atoms with Crippen LogP contribution in [0.1, 0.15) is 16.7 Å². The number of nitrogens with one attached hydrogen (secondary N) is 1. The van der Waals surface area contributed by atoms with Gasteiger partial charge in [-0.3, -0.25) is 5.43 Å². The van der Waals surface area contributed by atoms with E-state index in [1.165, 1.54) is 0 Å². The molecule has 7 heteroatoms. The first-order valence-electron chi connectivity index (χ1n) is 8.79. The molecule has 0 aliphatic carbocycles. The van der Waals surface area contributed by atoms with Crippen LogP contribution in [0.2, 0.25) is 5.02 Å². The van der Waals surface area contributed by atoms with Crippen molar-refractivity contribution in [3.05, 3.63) is 86.8 Å². The molecule has 1 N–H and O–H groups in total. The fourth-order valence-electron chi connectivity index (χ4n) is 3.05. The van der Waals surface area contributed by atoms with Gasteiger partial charge in [-0.2, -0.15) is 5.10 Å². The summed E-state index contributed by atoms with van der Waals surface area (Å²) in [6, 6.07) is 19.1. The molecule has 1 heterocycles. The molecule has 0 spiro atoms. The molecule has 29 heavy (non-hydrogen) atoms. The van der Waals surface area contributed by atoms with Crippen molar-refractivity contribution in [2.45, 2.75) is 0 Å². The molecule has 4 rings (SSSR count). The summed E-state index contributed by atoms with van der Waals surface area (Å²) in [7, 11) is 3.21. The van der Waals surface area contributed by atoms with Gasteiger partial charge >= 0.3 is 0 Å². The van der Waals surface area contributed by atoms with Crippen LogP contribution in [0.3, 0.4) is 0 Å². The number of halogens is 2. The Morgan fingerprint density at radius 3 is 2.31 bits per heavy atom. The van der Waals surface area contributed by atoms with E-state index in [-0.39, 0.29) is 0 Å². The van der Waals surface area contributed by atoms with Crippen molar-refractivity contribution in [1.82, 2.24) is 5.43 Å². The molecule has 0 fully saturated rings. The van der Waals surface area contributed by atoms with E-state index in [1.54, 1.807) is 14.2 Å². The van der Waals surface area contributed by atoms with Gasteiger partial charge < -0.3 is 9.47 Å². The Morgan fingerprint density at radius 1 is 0.862 bits per heavy atom. The maximum atomic E-state index is 6.29. The van der Waals surface area contributed by atoms with Gasteiger partial charge in [-0.15, -0.1) is 0 Å². The van der Waals surface area contributed by atoms with Gasteiger partial charge in [0.2, 0.25) is 0 Å². The lowest BCUT2D eigenvalue weighted by atomic mass is 10.0. The molecule has 0 saturated carbocycles. The van der Waals surface area contributed by atoms with Crippen molar-refractivity contribution in [3.8, 4) is 11.5 Å². The number of hydrogen-bond acceptors (Lipinski definition) is 5.